The summed E-state index contributed by atoms with van der Waals surface area (Å²) in [6.45, 7) is 6.24. The fraction of sp³-hybridized carbons (Fsp3) is 0.615. The van der Waals surface area contributed by atoms with Crippen LogP contribution in [0.3, 0.4) is 0 Å². The van der Waals surface area contributed by atoms with E-state index in [0.717, 1.165) is 19.4 Å². The minimum atomic E-state index is -0.243. The summed E-state index contributed by atoms with van der Waals surface area (Å²) in [6, 6.07) is 0. The van der Waals surface area contributed by atoms with Gasteiger partial charge in [-0.3, -0.25) is 4.90 Å². The van der Waals surface area contributed by atoms with Crippen molar-refractivity contribution in [3.63, 3.8) is 0 Å². The van der Waals surface area contributed by atoms with E-state index in [1.165, 1.54) is 11.3 Å². The Morgan fingerprint density at radius 3 is 3.18 bits per heavy atom. The quantitative estimate of drug-likeness (QED) is 0.799. The molecule has 2 heterocycles. The first-order valence-electron chi connectivity index (χ1n) is 6.24. The molecule has 1 N–H and O–H groups in total. The zero-order valence-electron chi connectivity index (χ0n) is 10.5. The minimum Gasteiger partial charge on any atom is -0.449 e. The predicted molar refractivity (Wildman–Crippen MR) is 66.3 cm³/mol. The number of hydrogen-bond donors (Lipinski definition) is 1. The fourth-order valence-corrected chi connectivity index (χ4v) is 1.99. The highest BCUT2D eigenvalue weighted by Gasteiger charge is 2.21. The second kappa shape index (κ2) is 5.25. The van der Waals surface area contributed by atoms with Gasteiger partial charge < -0.3 is 10.1 Å². The number of carbonyl (C=O) groups is 1. The van der Waals surface area contributed by atoms with Gasteiger partial charge in [0, 0.05) is 18.4 Å². The molecule has 0 aromatic carbocycles. The summed E-state index contributed by atoms with van der Waals surface area (Å²) < 4.78 is 5.22. The lowest BCUT2D eigenvalue weighted by Gasteiger charge is -2.28. The van der Waals surface area contributed by atoms with Gasteiger partial charge in [-0.25, -0.2) is 4.79 Å². The number of amides is 1. The molecule has 2 aliphatic heterocycles. The van der Waals surface area contributed by atoms with Crippen LogP contribution in [0.2, 0.25) is 0 Å². The van der Waals surface area contributed by atoms with Crippen LogP contribution in [0.25, 0.3) is 0 Å². The van der Waals surface area contributed by atoms with E-state index in [4.69, 9.17) is 4.74 Å². The number of carbonyl (C=O) groups excluding carboxylic acids is 1. The van der Waals surface area contributed by atoms with Gasteiger partial charge in [0.15, 0.2) is 0 Å². The molecule has 0 saturated carbocycles. The molecule has 0 bridgehead atoms. The molecular weight excluding hydrogens is 216 g/mol. The predicted octanol–water partition coefficient (Wildman–Crippen LogP) is 2.25. The van der Waals surface area contributed by atoms with Crippen molar-refractivity contribution >= 4 is 6.09 Å². The zero-order valence-corrected chi connectivity index (χ0v) is 10.5. The van der Waals surface area contributed by atoms with Crippen molar-refractivity contribution in [3.05, 3.63) is 23.5 Å². The van der Waals surface area contributed by atoms with Crippen LogP contribution in [0.1, 0.15) is 26.7 Å². The number of nitrogens with zero attached hydrogens (tertiary/aromatic N) is 1. The summed E-state index contributed by atoms with van der Waals surface area (Å²) in [5.41, 5.74) is 2.49. The van der Waals surface area contributed by atoms with E-state index < -0.39 is 0 Å². The largest absolute Gasteiger partial charge is 0.449 e. The van der Waals surface area contributed by atoms with Crippen LogP contribution in [-0.2, 0) is 4.74 Å². The van der Waals surface area contributed by atoms with Crippen LogP contribution < -0.4 is 5.32 Å². The third kappa shape index (κ3) is 3.02. The molecule has 2 rings (SSSR count). The third-order valence-electron chi connectivity index (χ3n) is 2.91. The van der Waals surface area contributed by atoms with Crippen LogP contribution in [-0.4, -0.2) is 30.7 Å². The molecule has 0 aromatic heterocycles. The van der Waals surface area contributed by atoms with Gasteiger partial charge in [-0.1, -0.05) is 13.8 Å². The topological polar surface area (TPSA) is 41.6 Å². The van der Waals surface area contributed by atoms with Gasteiger partial charge in [0.25, 0.3) is 0 Å². The summed E-state index contributed by atoms with van der Waals surface area (Å²) in [7, 11) is 0. The molecule has 94 valence electrons. The number of ether oxygens (including phenoxy) is 1. The van der Waals surface area contributed by atoms with Crippen molar-refractivity contribution in [2.45, 2.75) is 26.7 Å². The van der Waals surface area contributed by atoms with Crippen LogP contribution in [0.4, 0.5) is 4.79 Å². The first-order valence-corrected chi connectivity index (χ1v) is 6.24. The Kier molecular flexibility index (Phi) is 3.71. The van der Waals surface area contributed by atoms with E-state index in [1.807, 2.05) is 19.9 Å². The summed E-state index contributed by atoms with van der Waals surface area (Å²) in [5.74, 6) is 0.374. The first kappa shape index (κ1) is 12.0. The van der Waals surface area contributed by atoms with E-state index in [1.54, 1.807) is 11.1 Å². The Morgan fingerprint density at radius 1 is 1.59 bits per heavy atom. The van der Waals surface area contributed by atoms with Gasteiger partial charge in [0.1, 0.15) is 0 Å². The van der Waals surface area contributed by atoms with E-state index in [-0.39, 0.29) is 6.09 Å². The van der Waals surface area contributed by atoms with Gasteiger partial charge in [0.2, 0.25) is 0 Å². The molecule has 0 aromatic rings. The lowest BCUT2D eigenvalue weighted by atomic mass is 10.0. The van der Waals surface area contributed by atoms with Crippen LogP contribution in [0, 0.1) is 5.92 Å². The average Bonchev–Trinajstić information content (AvgIpc) is 2.35. The first-order chi connectivity index (χ1) is 8.16. The maximum absolute atomic E-state index is 11.8. The number of rotatable bonds is 2. The van der Waals surface area contributed by atoms with Crippen molar-refractivity contribution in [3.8, 4) is 0 Å². The standard InChI is InChI=1S/C13H20N2O2/c1-10(2)9-17-13(16)15-7-5-12-11(8-15)4-3-6-14-12/h5,7,10,14H,3-4,6,8-9H2,1-2H3. The van der Waals surface area contributed by atoms with Crippen molar-refractivity contribution in [2.24, 2.45) is 5.92 Å². The molecule has 0 atom stereocenters. The van der Waals surface area contributed by atoms with Gasteiger partial charge in [0.05, 0.1) is 13.2 Å². The fourth-order valence-electron chi connectivity index (χ4n) is 1.99. The van der Waals surface area contributed by atoms with Crippen LogP contribution in [0.5, 0.6) is 0 Å². The highest BCUT2D eigenvalue weighted by molar-refractivity contribution is 5.70. The van der Waals surface area contributed by atoms with E-state index in [0.29, 0.717) is 19.1 Å². The Bertz CT molecular complexity index is 358. The SMILES string of the molecule is CC(C)COC(=O)N1C=CC2=C(CCCN2)C1. The Morgan fingerprint density at radius 2 is 2.41 bits per heavy atom. The molecule has 0 saturated heterocycles. The molecule has 0 fully saturated rings. The summed E-state index contributed by atoms with van der Waals surface area (Å²) in [4.78, 5) is 13.4. The molecule has 17 heavy (non-hydrogen) atoms. The molecule has 0 spiro atoms. The normalized spacial score (nSPS) is 19.1. The van der Waals surface area contributed by atoms with Gasteiger partial charge >= 0.3 is 6.09 Å². The second-order valence-corrected chi connectivity index (χ2v) is 4.96. The number of nitrogens with one attached hydrogen (secondary N) is 1. The Hall–Kier alpha value is -1.45. The Balaban J connectivity index is 1.91. The number of allylic oxidation sites excluding steroid dienone is 1. The highest BCUT2D eigenvalue weighted by Crippen LogP contribution is 2.21. The second-order valence-electron chi connectivity index (χ2n) is 4.96. The van der Waals surface area contributed by atoms with E-state index in [9.17, 15) is 4.79 Å². The lowest BCUT2D eigenvalue weighted by molar-refractivity contribution is 0.107. The summed E-state index contributed by atoms with van der Waals surface area (Å²) in [5, 5.41) is 3.34. The average molecular weight is 236 g/mol. The molecule has 4 heteroatoms. The highest BCUT2D eigenvalue weighted by atomic mass is 16.6. The third-order valence-corrected chi connectivity index (χ3v) is 2.91. The van der Waals surface area contributed by atoms with Crippen LogP contribution in [0.15, 0.2) is 23.5 Å². The molecule has 0 aliphatic carbocycles. The van der Waals surface area contributed by atoms with Crippen molar-refractivity contribution in [2.75, 3.05) is 19.7 Å². The van der Waals surface area contributed by atoms with E-state index >= 15 is 0 Å². The molecule has 2 aliphatic rings. The Labute approximate surface area is 102 Å². The summed E-state index contributed by atoms with van der Waals surface area (Å²) in [6.07, 6.45) is 5.74. The lowest BCUT2D eigenvalue weighted by Crippen LogP contribution is -2.35. The number of hydrogen-bond acceptors (Lipinski definition) is 3. The monoisotopic (exact) mass is 236 g/mol. The molecule has 1 amide bonds. The van der Waals surface area contributed by atoms with Crippen LogP contribution >= 0.6 is 0 Å². The molecule has 0 unspecified atom stereocenters. The van der Waals surface area contributed by atoms with Gasteiger partial charge in [-0.15, -0.1) is 0 Å². The van der Waals surface area contributed by atoms with Gasteiger partial charge in [-0.05, 0) is 30.4 Å². The van der Waals surface area contributed by atoms with Crippen molar-refractivity contribution in [1.29, 1.82) is 0 Å². The molecule has 4 nitrogen and oxygen atoms in total. The molecule has 0 radical (unpaired) electrons. The van der Waals surface area contributed by atoms with E-state index in [2.05, 4.69) is 5.32 Å². The van der Waals surface area contributed by atoms with Crippen molar-refractivity contribution < 1.29 is 9.53 Å². The maximum Gasteiger partial charge on any atom is 0.414 e. The maximum atomic E-state index is 11.8. The van der Waals surface area contributed by atoms with Gasteiger partial charge in [-0.2, -0.15) is 0 Å². The summed E-state index contributed by atoms with van der Waals surface area (Å²) >= 11 is 0. The smallest absolute Gasteiger partial charge is 0.414 e. The van der Waals surface area contributed by atoms with Crippen molar-refractivity contribution in [1.82, 2.24) is 10.2 Å². The minimum absolute atomic E-state index is 0.243. The zero-order chi connectivity index (χ0) is 12.3. The molecular formula is C13H20N2O2.